The van der Waals surface area contributed by atoms with Gasteiger partial charge in [-0.2, -0.15) is 0 Å². The summed E-state index contributed by atoms with van der Waals surface area (Å²) in [4.78, 5) is 32.7. The van der Waals surface area contributed by atoms with E-state index in [1.54, 1.807) is 16.8 Å². The minimum atomic E-state index is -0.834. The van der Waals surface area contributed by atoms with Gasteiger partial charge in [0.1, 0.15) is 6.04 Å². The highest BCUT2D eigenvalue weighted by atomic mass is 32.1. The third kappa shape index (κ3) is 5.17. The van der Waals surface area contributed by atoms with Gasteiger partial charge in [-0.05, 0) is 23.5 Å². The number of β-amino-alcohol motifs (C(OH)–C–C–N with tert-alkyl or cyclic N) is 1. The van der Waals surface area contributed by atoms with Gasteiger partial charge in [0.2, 0.25) is 11.8 Å². The SMILES string of the molecule is Cc1ncsc1-c1ccc([C@H](CO)NC(=O)[C@@H]2C[C@@H](O)CN2C(=O)C(N)C(C)(C)C)cc1. The quantitative estimate of drug-likeness (QED) is 0.518. The molecule has 9 heteroatoms. The van der Waals surface area contributed by atoms with Crippen LogP contribution in [-0.2, 0) is 9.59 Å². The maximum Gasteiger partial charge on any atom is 0.243 e. The average molecular weight is 461 g/mol. The molecule has 1 aromatic carbocycles. The summed E-state index contributed by atoms with van der Waals surface area (Å²) in [5.41, 5.74) is 10.2. The summed E-state index contributed by atoms with van der Waals surface area (Å²) < 4.78 is 0. The number of likely N-dealkylation sites (tertiary alicyclic amines) is 1. The number of benzene rings is 1. The largest absolute Gasteiger partial charge is 0.394 e. The topological polar surface area (TPSA) is 129 Å². The first-order chi connectivity index (χ1) is 15.0. The van der Waals surface area contributed by atoms with Crippen molar-refractivity contribution in [3.8, 4) is 10.4 Å². The molecule has 8 nitrogen and oxygen atoms in total. The van der Waals surface area contributed by atoms with E-state index in [2.05, 4.69) is 10.3 Å². The Hall–Kier alpha value is -2.33. The number of hydrogen-bond donors (Lipinski definition) is 4. The van der Waals surface area contributed by atoms with Gasteiger partial charge in [-0.1, -0.05) is 45.0 Å². The van der Waals surface area contributed by atoms with Crippen LogP contribution in [0.2, 0.25) is 0 Å². The number of carbonyl (C=O) groups is 2. The van der Waals surface area contributed by atoms with Crippen molar-refractivity contribution in [3.05, 3.63) is 41.0 Å². The van der Waals surface area contributed by atoms with E-state index in [1.807, 2.05) is 52.0 Å². The van der Waals surface area contributed by atoms with Crippen LogP contribution in [0.4, 0.5) is 0 Å². The molecule has 0 saturated carbocycles. The van der Waals surface area contributed by atoms with Gasteiger partial charge in [0.15, 0.2) is 0 Å². The van der Waals surface area contributed by atoms with E-state index in [0.29, 0.717) is 0 Å². The molecule has 2 aromatic rings. The summed E-state index contributed by atoms with van der Waals surface area (Å²) in [5, 5.41) is 22.9. The predicted octanol–water partition coefficient (Wildman–Crippen LogP) is 1.60. The third-order valence-electron chi connectivity index (χ3n) is 5.88. The van der Waals surface area contributed by atoms with Crippen LogP contribution in [-0.4, -0.2) is 63.3 Å². The standard InChI is InChI=1S/C23H32N4O4S/c1-13-19(32-12-25-13)15-7-5-14(6-8-15)17(11-28)26-21(30)18-9-16(29)10-27(18)22(31)20(24)23(2,3)4/h5-8,12,16-18,20,28-29H,9-11,24H2,1-4H3,(H,26,30)/t16-,17+,18+,20?/m1/s1. The minimum Gasteiger partial charge on any atom is -0.394 e. The molecule has 0 bridgehead atoms. The van der Waals surface area contributed by atoms with E-state index in [1.165, 1.54) is 4.90 Å². The molecule has 174 valence electrons. The van der Waals surface area contributed by atoms with E-state index in [0.717, 1.165) is 21.7 Å². The number of aromatic nitrogens is 1. The van der Waals surface area contributed by atoms with Crippen molar-refractivity contribution < 1.29 is 19.8 Å². The van der Waals surface area contributed by atoms with Crippen molar-refractivity contribution in [2.75, 3.05) is 13.2 Å². The van der Waals surface area contributed by atoms with Crippen LogP contribution in [0.3, 0.4) is 0 Å². The molecule has 0 spiro atoms. The van der Waals surface area contributed by atoms with Gasteiger partial charge in [-0.15, -0.1) is 11.3 Å². The summed E-state index contributed by atoms with van der Waals surface area (Å²) in [6.45, 7) is 7.29. The van der Waals surface area contributed by atoms with Crippen molar-refractivity contribution in [1.29, 1.82) is 0 Å². The number of nitrogens with two attached hydrogens (primary N) is 1. The molecule has 0 radical (unpaired) electrons. The van der Waals surface area contributed by atoms with Gasteiger partial charge >= 0.3 is 0 Å². The highest BCUT2D eigenvalue weighted by molar-refractivity contribution is 7.13. The van der Waals surface area contributed by atoms with Gasteiger partial charge in [0.05, 0.1) is 40.9 Å². The zero-order valence-electron chi connectivity index (χ0n) is 18.9. The molecule has 3 rings (SSSR count). The van der Waals surface area contributed by atoms with Crippen LogP contribution >= 0.6 is 11.3 Å². The van der Waals surface area contributed by atoms with Gasteiger partial charge in [0.25, 0.3) is 0 Å². The third-order valence-corrected chi connectivity index (χ3v) is 6.86. The molecular formula is C23H32N4O4S. The lowest BCUT2D eigenvalue weighted by Gasteiger charge is -2.33. The predicted molar refractivity (Wildman–Crippen MR) is 124 cm³/mol. The van der Waals surface area contributed by atoms with E-state index < -0.39 is 35.6 Å². The smallest absolute Gasteiger partial charge is 0.243 e. The highest BCUT2D eigenvalue weighted by Crippen LogP contribution is 2.29. The molecule has 5 N–H and O–H groups in total. The lowest BCUT2D eigenvalue weighted by Crippen LogP contribution is -2.55. The molecule has 1 saturated heterocycles. The number of hydrogen-bond acceptors (Lipinski definition) is 7. The summed E-state index contributed by atoms with van der Waals surface area (Å²) in [7, 11) is 0. The Kier molecular flexibility index (Phi) is 7.34. The van der Waals surface area contributed by atoms with Gasteiger partial charge in [0, 0.05) is 13.0 Å². The zero-order chi connectivity index (χ0) is 23.6. The number of nitrogens with zero attached hydrogens (tertiary/aromatic N) is 2. The Morgan fingerprint density at radius 3 is 2.50 bits per heavy atom. The first kappa shape index (κ1) is 24.3. The number of aliphatic hydroxyl groups is 2. The first-order valence-electron chi connectivity index (χ1n) is 10.7. The normalized spacial score (nSPS) is 20.8. The summed E-state index contributed by atoms with van der Waals surface area (Å²) in [5.74, 6) is -0.781. The van der Waals surface area contributed by atoms with Crippen LogP contribution in [0.25, 0.3) is 10.4 Å². The fourth-order valence-corrected chi connectivity index (χ4v) is 4.61. The van der Waals surface area contributed by atoms with Crippen LogP contribution in [0, 0.1) is 12.3 Å². The van der Waals surface area contributed by atoms with Crippen LogP contribution in [0.5, 0.6) is 0 Å². The molecule has 32 heavy (non-hydrogen) atoms. The Morgan fingerprint density at radius 2 is 1.97 bits per heavy atom. The monoisotopic (exact) mass is 460 g/mol. The first-order valence-corrected chi connectivity index (χ1v) is 11.6. The maximum absolute atomic E-state index is 13.0. The van der Waals surface area contributed by atoms with Crippen LogP contribution in [0.1, 0.15) is 44.5 Å². The second kappa shape index (κ2) is 9.66. The number of aryl methyl sites for hydroxylation is 1. The highest BCUT2D eigenvalue weighted by Gasteiger charge is 2.43. The number of rotatable bonds is 6. The molecule has 2 heterocycles. The Bertz CT molecular complexity index is 954. The second-order valence-electron chi connectivity index (χ2n) is 9.37. The van der Waals surface area contributed by atoms with Gasteiger partial charge in [-0.3, -0.25) is 9.59 Å². The van der Waals surface area contributed by atoms with Crippen LogP contribution in [0.15, 0.2) is 29.8 Å². The fraction of sp³-hybridized carbons (Fsp3) is 0.522. The lowest BCUT2D eigenvalue weighted by atomic mass is 9.86. The summed E-state index contributed by atoms with van der Waals surface area (Å²) >= 11 is 1.56. The molecule has 1 fully saturated rings. The molecule has 1 aliphatic rings. The fourth-order valence-electron chi connectivity index (χ4n) is 3.80. The lowest BCUT2D eigenvalue weighted by molar-refractivity contribution is -0.141. The van der Waals surface area contributed by atoms with Gasteiger partial charge < -0.3 is 26.2 Å². The van der Waals surface area contributed by atoms with Gasteiger partial charge in [-0.25, -0.2) is 4.98 Å². The van der Waals surface area contributed by atoms with E-state index in [4.69, 9.17) is 5.73 Å². The Labute approximate surface area is 192 Å². The van der Waals surface area contributed by atoms with E-state index in [9.17, 15) is 19.8 Å². The molecular weight excluding hydrogens is 428 g/mol. The van der Waals surface area contributed by atoms with Crippen molar-refractivity contribution in [2.45, 2.75) is 58.3 Å². The molecule has 1 aromatic heterocycles. The van der Waals surface area contributed by atoms with Crippen molar-refractivity contribution >= 4 is 23.2 Å². The number of amides is 2. The van der Waals surface area contributed by atoms with Crippen molar-refractivity contribution in [3.63, 3.8) is 0 Å². The van der Waals surface area contributed by atoms with Crippen molar-refractivity contribution in [2.24, 2.45) is 11.1 Å². The molecule has 2 amide bonds. The Morgan fingerprint density at radius 1 is 1.31 bits per heavy atom. The minimum absolute atomic E-state index is 0.0629. The zero-order valence-corrected chi connectivity index (χ0v) is 19.7. The maximum atomic E-state index is 13.0. The number of carbonyl (C=O) groups excluding carboxylic acids is 2. The van der Waals surface area contributed by atoms with E-state index >= 15 is 0 Å². The van der Waals surface area contributed by atoms with Crippen LogP contribution < -0.4 is 11.1 Å². The average Bonchev–Trinajstić information content (AvgIpc) is 3.35. The Balaban J connectivity index is 1.73. The molecule has 0 aliphatic carbocycles. The molecule has 1 unspecified atom stereocenters. The second-order valence-corrected chi connectivity index (χ2v) is 10.2. The number of nitrogens with one attached hydrogen (secondary N) is 1. The van der Waals surface area contributed by atoms with Crippen molar-refractivity contribution in [1.82, 2.24) is 15.2 Å². The number of thiazole rings is 1. The number of aliphatic hydroxyl groups excluding tert-OH is 2. The summed E-state index contributed by atoms with van der Waals surface area (Å²) in [6.07, 6.45) is -0.660. The van der Waals surface area contributed by atoms with E-state index in [-0.39, 0.29) is 25.5 Å². The summed E-state index contributed by atoms with van der Waals surface area (Å²) in [6, 6.07) is 5.32. The molecule has 1 aliphatic heterocycles. The molecule has 4 atom stereocenters.